The van der Waals surface area contributed by atoms with Crippen molar-refractivity contribution in [2.75, 3.05) is 0 Å². The normalized spacial score (nSPS) is 10.8. The molecule has 3 rings (SSSR count). The van der Waals surface area contributed by atoms with E-state index < -0.39 is 11.8 Å². The minimum absolute atomic E-state index is 0.0117. The number of carbonyl (C=O) groups is 1. The zero-order valence-electron chi connectivity index (χ0n) is 10.3. The van der Waals surface area contributed by atoms with Crippen molar-refractivity contribution in [3.63, 3.8) is 0 Å². The summed E-state index contributed by atoms with van der Waals surface area (Å²) in [6.45, 7) is 0.334. The molecule has 0 saturated carbocycles. The van der Waals surface area contributed by atoms with Crippen molar-refractivity contribution in [3.05, 3.63) is 59.4 Å². The number of hydrogen-bond acceptors (Lipinski definition) is 3. The van der Waals surface area contributed by atoms with E-state index in [0.29, 0.717) is 6.54 Å². The summed E-state index contributed by atoms with van der Waals surface area (Å²) in [6.07, 6.45) is 0. The minimum Gasteiger partial charge on any atom is -0.478 e. The Morgan fingerprint density at radius 3 is 2.65 bits per heavy atom. The van der Waals surface area contributed by atoms with E-state index in [-0.39, 0.29) is 16.6 Å². The Hall–Kier alpha value is -2.76. The van der Waals surface area contributed by atoms with Crippen LogP contribution in [0.3, 0.4) is 0 Å². The lowest BCUT2D eigenvalue weighted by molar-refractivity contribution is 0.0698. The molecule has 0 atom stereocenters. The fourth-order valence-corrected chi connectivity index (χ4v) is 2.09. The summed E-state index contributed by atoms with van der Waals surface area (Å²) < 4.78 is 15.1. The smallest absolute Gasteiger partial charge is 0.337 e. The average Bonchev–Trinajstić information content (AvgIpc) is 2.85. The van der Waals surface area contributed by atoms with Crippen LogP contribution in [0.1, 0.15) is 15.9 Å². The van der Waals surface area contributed by atoms with Gasteiger partial charge in [0.1, 0.15) is 11.0 Å². The monoisotopic (exact) mass is 271 g/mol. The third-order valence-corrected chi connectivity index (χ3v) is 3.02. The topological polar surface area (TPSA) is 68.0 Å². The Morgan fingerprint density at radius 2 is 1.95 bits per heavy atom. The van der Waals surface area contributed by atoms with Crippen molar-refractivity contribution in [2.45, 2.75) is 6.54 Å². The summed E-state index contributed by atoms with van der Waals surface area (Å²) in [6, 6.07) is 11.7. The minimum atomic E-state index is -1.13. The molecule has 0 aliphatic carbocycles. The predicted octanol–water partition coefficient (Wildman–Crippen LogP) is 2.32. The van der Waals surface area contributed by atoms with Gasteiger partial charge in [-0.1, -0.05) is 35.5 Å². The fourth-order valence-electron chi connectivity index (χ4n) is 2.09. The number of rotatable bonds is 3. The Kier molecular flexibility index (Phi) is 2.90. The highest BCUT2D eigenvalue weighted by Gasteiger charge is 2.18. The number of carboxylic acids is 1. The first-order valence-electron chi connectivity index (χ1n) is 5.96. The summed E-state index contributed by atoms with van der Waals surface area (Å²) in [4.78, 5) is 11.2. The van der Waals surface area contributed by atoms with E-state index in [4.69, 9.17) is 0 Å². The van der Waals surface area contributed by atoms with Crippen LogP contribution in [0.15, 0.2) is 42.5 Å². The molecule has 3 aromatic rings. The van der Waals surface area contributed by atoms with Crippen LogP contribution < -0.4 is 0 Å². The molecule has 0 bridgehead atoms. The summed E-state index contributed by atoms with van der Waals surface area (Å²) in [5.41, 5.74) is 1.09. The molecule has 100 valence electrons. The van der Waals surface area contributed by atoms with Crippen molar-refractivity contribution in [1.82, 2.24) is 15.0 Å². The number of aromatic nitrogens is 3. The summed E-state index contributed by atoms with van der Waals surface area (Å²) in [7, 11) is 0. The highest BCUT2D eigenvalue weighted by molar-refractivity contribution is 6.01. The Bertz CT molecular complexity index is 784. The maximum absolute atomic E-state index is 13.7. The van der Waals surface area contributed by atoms with Gasteiger partial charge in [0.25, 0.3) is 0 Å². The van der Waals surface area contributed by atoms with Crippen LogP contribution in [-0.4, -0.2) is 26.1 Å². The summed E-state index contributed by atoms with van der Waals surface area (Å²) in [5, 5.41) is 16.8. The van der Waals surface area contributed by atoms with Crippen LogP contribution in [0.4, 0.5) is 4.39 Å². The molecule has 0 unspecified atom stereocenters. The number of nitrogens with zero attached hydrogens (tertiary/aromatic N) is 3. The first-order valence-corrected chi connectivity index (χ1v) is 5.96. The molecule has 0 amide bonds. The summed E-state index contributed by atoms with van der Waals surface area (Å²) >= 11 is 0. The molecule has 5 nitrogen and oxygen atoms in total. The molecule has 6 heteroatoms. The predicted molar refractivity (Wildman–Crippen MR) is 70.0 cm³/mol. The molecule has 2 aromatic carbocycles. The highest BCUT2D eigenvalue weighted by atomic mass is 19.1. The SMILES string of the molecule is O=C(O)c1ccc(F)c2nnn(Cc3ccccc3)c12. The van der Waals surface area contributed by atoms with Gasteiger partial charge in [0.2, 0.25) is 0 Å². The van der Waals surface area contributed by atoms with Crippen LogP contribution >= 0.6 is 0 Å². The van der Waals surface area contributed by atoms with Gasteiger partial charge in [-0.3, -0.25) is 0 Å². The first kappa shape index (κ1) is 12.3. The summed E-state index contributed by atoms with van der Waals surface area (Å²) in [5.74, 6) is -1.71. The van der Waals surface area contributed by atoms with Crippen LogP contribution in [0.2, 0.25) is 0 Å². The molecule has 0 radical (unpaired) electrons. The number of aromatic carboxylic acids is 1. The standard InChI is InChI=1S/C14H10FN3O2/c15-11-7-6-10(14(19)20)13-12(11)16-17-18(13)8-9-4-2-1-3-5-9/h1-7H,8H2,(H,19,20). The highest BCUT2D eigenvalue weighted by Crippen LogP contribution is 2.20. The quantitative estimate of drug-likeness (QED) is 0.793. The van der Waals surface area contributed by atoms with E-state index >= 15 is 0 Å². The lowest BCUT2D eigenvalue weighted by Crippen LogP contribution is -2.06. The second-order valence-corrected chi connectivity index (χ2v) is 4.33. The van der Waals surface area contributed by atoms with Crippen molar-refractivity contribution in [2.24, 2.45) is 0 Å². The van der Waals surface area contributed by atoms with Crippen molar-refractivity contribution in [3.8, 4) is 0 Å². The lowest BCUT2D eigenvalue weighted by Gasteiger charge is -2.05. The number of hydrogen-bond donors (Lipinski definition) is 1. The van der Waals surface area contributed by atoms with Gasteiger partial charge < -0.3 is 5.11 Å². The molecule has 0 aliphatic heterocycles. The first-order chi connectivity index (χ1) is 9.66. The molecular formula is C14H10FN3O2. The molecule has 0 fully saturated rings. The van der Waals surface area contributed by atoms with Crippen LogP contribution in [0.25, 0.3) is 11.0 Å². The zero-order valence-corrected chi connectivity index (χ0v) is 10.3. The molecule has 0 saturated heterocycles. The number of halogens is 1. The van der Waals surface area contributed by atoms with Gasteiger partial charge in [-0.15, -0.1) is 5.10 Å². The molecule has 1 heterocycles. The van der Waals surface area contributed by atoms with E-state index in [1.54, 1.807) is 0 Å². The van der Waals surface area contributed by atoms with Gasteiger partial charge in [-0.25, -0.2) is 13.9 Å². The number of carboxylic acid groups (broad SMARTS) is 1. The second-order valence-electron chi connectivity index (χ2n) is 4.33. The lowest BCUT2D eigenvalue weighted by atomic mass is 10.1. The van der Waals surface area contributed by atoms with E-state index in [1.165, 1.54) is 10.7 Å². The molecule has 0 aliphatic rings. The average molecular weight is 271 g/mol. The van der Waals surface area contributed by atoms with Crippen LogP contribution in [-0.2, 0) is 6.54 Å². The Labute approximate surface area is 113 Å². The third-order valence-electron chi connectivity index (χ3n) is 3.02. The fraction of sp³-hybridized carbons (Fsp3) is 0.0714. The van der Waals surface area contributed by atoms with E-state index in [0.717, 1.165) is 11.6 Å². The van der Waals surface area contributed by atoms with Crippen LogP contribution in [0, 0.1) is 5.82 Å². The van der Waals surface area contributed by atoms with E-state index in [1.807, 2.05) is 30.3 Å². The molecular weight excluding hydrogens is 261 g/mol. The molecule has 20 heavy (non-hydrogen) atoms. The van der Waals surface area contributed by atoms with E-state index in [2.05, 4.69) is 10.3 Å². The maximum Gasteiger partial charge on any atom is 0.337 e. The van der Waals surface area contributed by atoms with E-state index in [9.17, 15) is 14.3 Å². The second kappa shape index (κ2) is 4.73. The molecule has 1 N–H and O–H groups in total. The van der Waals surface area contributed by atoms with Crippen LogP contribution in [0.5, 0.6) is 0 Å². The Morgan fingerprint density at radius 1 is 1.20 bits per heavy atom. The van der Waals surface area contributed by atoms with Gasteiger partial charge in [-0.05, 0) is 17.7 Å². The van der Waals surface area contributed by atoms with Gasteiger partial charge in [0, 0.05) is 0 Å². The van der Waals surface area contributed by atoms with Gasteiger partial charge >= 0.3 is 5.97 Å². The van der Waals surface area contributed by atoms with Crippen molar-refractivity contribution < 1.29 is 14.3 Å². The largest absolute Gasteiger partial charge is 0.478 e. The number of benzene rings is 2. The maximum atomic E-state index is 13.7. The third kappa shape index (κ3) is 2.01. The molecule has 1 aromatic heterocycles. The zero-order chi connectivity index (χ0) is 14.1. The van der Waals surface area contributed by atoms with Gasteiger partial charge in [0.05, 0.1) is 12.1 Å². The van der Waals surface area contributed by atoms with Crippen molar-refractivity contribution in [1.29, 1.82) is 0 Å². The van der Waals surface area contributed by atoms with Gasteiger partial charge in [-0.2, -0.15) is 0 Å². The molecule has 0 spiro atoms. The number of fused-ring (bicyclic) bond motifs is 1. The van der Waals surface area contributed by atoms with Gasteiger partial charge in [0.15, 0.2) is 5.82 Å². The Balaban J connectivity index is 2.17. The van der Waals surface area contributed by atoms with Crippen molar-refractivity contribution >= 4 is 17.0 Å².